The van der Waals surface area contributed by atoms with Crippen molar-refractivity contribution in [2.45, 2.75) is 40.0 Å². The van der Waals surface area contributed by atoms with Crippen LogP contribution in [-0.4, -0.2) is 28.8 Å². The Morgan fingerprint density at radius 2 is 1.92 bits per heavy atom. The smallest absolute Gasteiger partial charge is 0.299 e. The molecule has 0 heterocycles. The van der Waals surface area contributed by atoms with Crippen LogP contribution in [0.25, 0.3) is 0 Å². The molecule has 0 saturated heterocycles. The molecule has 66 valence electrons. The van der Waals surface area contributed by atoms with E-state index in [-0.39, 0.29) is 33.9 Å². The van der Waals surface area contributed by atoms with E-state index in [9.17, 15) is 4.79 Å². The van der Waals surface area contributed by atoms with Gasteiger partial charge in [-0.2, -0.15) is 0 Å². The van der Waals surface area contributed by atoms with Crippen LogP contribution >= 0.6 is 0 Å². The van der Waals surface area contributed by atoms with E-state index in [1.807, 2.05) is 0 Å². The largest absolute Gasteiger partial charge is 0.316 e. The predicted octanol–water partition coefficient (Wildman–Crippen LogP) is 1.49. The van der Waals surface area contributed by atoms with Crippen molar-refractivity contribution in [2.24, 2.45) is 16.7 Å². The molecule has 0 aromatic heterocycles. The number of ketones is 1. The number of fused-ring (bicyclic) bond motifs is 2. The zero-order chi connectivity index (χ0) is 8.28. The summed E-state index contributed by atoms with van der Waals surface area (Å²) in [5.41, 5.74) is 0.307. The first-order valence-electron chi connectivity index (χ1n) is 4.52. The zero-order valence-corrected chi connectivity index (χ0v) is 7.61. The fourth-order valence-electron chi connectivity index (χ4n) is 2.90. The minimum Gasteiger partial charge on any atom is -0.299 e. The molecule has 0 amide bonds. The Bertz CT molecular complexity index is 222. The van der Waals surface area contributed by atoms with Gasteiger partial charge in [-0.15, -0.1) is 0 Å². The van der Waals surface area contributed by atoms with Gasteiger partial charge in [0.1, 0.15) is 5.78 Å². The van der Waals surface area contributed by atoms with Crippen molar-refractivity contribution in [3.05, 3.63) is 0 Å². The fourth-order valence-corrected chi connectivity index (χ4v) is 2.90. The molecule has 2 fully saturated rings. The average molecular weight is 179 g/mol. The quantitative estimate of drug-likeness (QED) is 0.514. The number of hydrogen-bond donors (Lipinski definition) is 0. The van der Waals surface area contributed by atoms with Gasteiger partial charge in [-0.05, 0) is 24.2 Å². The highest BCUT2D eigenvalue weighted by molar-refractivity contribution is 5.89. The van der Waals surface area contributed by atoms with Crippen LogP contribution < -0.4 is 0 Å². The molecular formula is C10H18MgO. The summed E-state index contributed by atoms with van der Waals surface area (Å²) in [4.78, 5) is 11.6. The lowest BCUT2D eigenvalue weighted by atomic mass is 9.70. The molecule has 0 aromatic rings. The van der Waals surface area contributed by atoms with E-state index in [0.29, 0.717) is 11.7 Å². The lowest BCUT2D eigenvalue weighted by Crippen LogP contribution is -2.32. The highest BCUT2D eigenvalue weighted by Crippen LogP contribution is 2.63. The lowest BCUT2D eigenvalue weighted by molar-refractivity contribution is -0.128. The average Bonchev–Trinajstić information content (AvgIpc) is 2.20. The number of Topliss-reactive ketones (excluding diaryl/α,β-unsaturated/α-hetero) is 1. The summed E-state index contributed by atoms with van der Waals surface area (Å²) in [6.07, 6.45) is 3.25. The highest BCUT2D eigenvalue weighted by Gasteiger charge is 2.61. The minimum absolute atomic E-state index is 0. The molecule has 2 rings (SSSR count). The van der Waals surface area contributed by atoms with Gasteiger partial charge in [0, 0.05) is 11.8 Å². The third-order valence-electron chi connectivity index (χ3n) is 4.48. The van der Waals surface area contributed by atoms with E-state index in [1.165, 1.54) is 6.42 Å². The van der Waals surface area contributed by atoms with Gasteiger partial charge in [0.25, 0.3) is 0 Å². The Hall–Kier alpha value is 0.436. The van der Waals surface area contributed by atoms with Gasteiger partial charge >= 0.3 is 23.1 Å². The second-order valence-electron chi connectivity index (χ2n) is 4.92. The Balaban J connectivity index is 0.000000720. The molecule has 0 spiro atoms. The second-order valence-corrected chi connectivity index (χ2v) is 4.92. The van der Waals surface area contributed by atoms with E-state index in [4.69, 9.17) is 0 Å². The molecule has 0 aromatic carbocycles. The van der Waals surface area contributed by atoms with Gasteiger partial charge in [0.05, 0.1) is 0 Å². The van der Waals surface area contributed by atoms with Crippen molar-refractivity contribution in [3.8, 4) is 0 Å². The molecule has 2 unspecified atom stereocenters. The Labute approximate surface area is 90.4 Å². The zero-order valence-electron chi connectivity index (χ0n) is 7.61. The maximum absolute atomic E-state index is 11.6. The lowest BCUT2D eigenvalue weighted by Gasteiger charge is -2.32. The summed E-state index contributed by atoms with van der Waals surface area (Å²) in [5, 5.41) is 0. The normalized spacial score (nSPS) is 42.9. The highest BCUT2D eigenvalue weighted by atomic mass is 24.3. The number of carbonyl (C=O) groups is 1. The van der Waals surface area contributed by atoms with Crippen molar-refractivity contribution in [1.29, 1.82) is 0 Å². The molecule has 0 N–H and O–H groups in total. The SMILES string of the molecule is CC12CCC(CC1=O)C2(C)C.[MgH2]. The Morgan fingerprint density at radius 1 is 1.33 bits per heavy atom. The first-order chi connectivity index (χ1) is 4.98. The fraction of sp³-hybridized carbons (Fsp3) is 0.900. The standard InChI is InChI=1S/C10H16O.Mg.2H/c1-9(2)7-4-5-10(9,3)8(11)6-7;;;/h7H,4-6H2,1-3H3;;;. The monoisotopic (exact) mass is 178 g/mol. The van der Waals surface area contributed by atoms with Gasteiger partial charge in [0.15, 0.2) is 0 Å². The number of carbonyl (C=O) groups excluding carboxylic acids is 1. The van der Waals surface area contributed by atoms with Gasteiger partial charge in [0.2, 0.25) is 0 Å². The van der Waals surface area contributed by atoms with Crippen LogP contribution in [0.15, 0.2) is 0 Å². The minimum atomic E-state index is 0. The van der Waals surface area contributed by atoms with Crippen LogP contribution in [0.3, 0.4) is 0 Å². The van der Waals surface area contributed by atoms with Gasteiger partial charge in [-0.3, -0.25) is 4.79 Å². The third-order valence-corrected chi connectivity index (χ3v) is 4.48. The summed E-state index contributed by atoms with van der Waals surface area (Å²) in [7, 11) is 0. The van der Waals surface area contributed by atoms with Crippen molar-refractivity contribution in [2.75, 3.05) is 0 Å². The van der Waals surface area contributed by atoms with Crippen LogP contribution in [0.4, 0.5) is 0 Å². The summed E-state index contributed by atoms with van der Waals surface area (Å²) in [5.74, 6) is 1.19. The molecule has 2 bridgehead atoms. The molecule has 12 heavy (non-hydrogen) atoms. The molecular weight excluding hydrogens is 160 g/mol. The maximum Gasteiger partial charge on any atom is 0.316 e. The van der Waals surface area contributed by atoms with Crippen LogP contribution in [-0.2, 0) is 4.79 Å². The van der Waals surface area contributed by atoms with E-state index in [0.717, 1.165) is 12.8 Å². The van der Waals surface area contributed by atoms with Crippen LogP contribution in [0.1, 0.15) is 40.0 Å². The molecule has 2 atom stereocenters. The first kappa shape index (κ1) is 10.5. The molecule has 2 heteroatoms. The van der Waals surface area contributed by atoms with Crippen molar-refractivity contribution >= 4 is 28.8 Å². The molecule has 2 aliphatic carbocycles. The predicted molar refractivity (Wildman–Crippen MR) is 52.8 cm³/mol. The number of hydrogen-bond acceptors (Lipinski definition) is 1. The first-order valence-corrected chi connectivity index (χ1v) is 4.52. The van der Waals surface area contributed by atoms with E-state index < -0.39 is 0 Å². The van der Waals surface area contributed by atoms with Gasteiger partial charge in [-0.1, -0.05) is 20.8 Å². The van der Waals surface area contributed by atoms with Crippen molar-refractivity contribution < 1.29 is 4.79 Å². The topological polar surface area (TPSA) is 17.1 Å². The van der Waals surface area contributed by atoms with Crippen molar-refractivity contribution in [3.63, 3.8) is 0 Å². The molecule has 0 aliphatic heterocycles. The van der Waals surface area contributed by atoms with Gasteiger partial charge in [-0.25, -0.2) is 0 Å². The van der Waals surface area contributed by atoms with Gasteiger partial charge < -0.3 is 0 Å². The summed E-state index contributed by atoms with van der Waals surface area (Å²) >= 11 is 0. The third kappa shape index (κ3) is 0.940. The Kier molecular flexibility index (Phi) is 2.38. The second kappa shape index (κ2) is 2.71. The van der Waals surface area contributed by atoms with Crippen LogP contribution in [0, 0.1) is 16.7 Å². The van der Waals surface area contributed by atoms with E-state index >= 15 is 0 Å². The molecule has 2 aliphatic rings. The summed E-state index contributed by atoms with van der Waals surface area (Å²) in [6, 6.07) is 0. The van der Waals surface area contributed by atoms with Crippen molar-refractivity contribution in [1.82, 2.24) is 0 Å². The number of rotatable bonds is 0. The summed E-state index contributed by atoms with van der Waals surface area (Å²) in [6.45, 7) is 6.67. The molecule has 0 radical (unpaired) electrons. The van der Waals surface area contributed by atoms with E-state index in [1.54, 1.807) is 0 Å². The van der Waals surface area contributed by atoms with Crippen LogP contribution in [0.2, 0.25) is 0 Å². The summed E-state index contributed by atoms with van der Waals surface area (Å²) < 4.78 is 0. The van der Waals surface area contributed by atoms with E-state index in [2.05, 4.69) is 20.8 Å². The Morgan fingerprint density at radius 3 is 2.08 bits per heavy atom. The molecule has 2 saturated carbocycles. The molecule has 1 nitrogen and oxygen atoms in total. The van der Waals surface area contributed by atoms with Crippen LogP contribution in [0.5, 0.6) is 0 Å². The maximum atomic E-state index is 11.6.